The third kappa shape index (κ3) is 29.2. The second-order valence-corrected chi connectivity index (χ2v) is 3.86. The third-order valence-corrected chi connectivity index (χ3v) is 0. The van der Waals surface area contributed by atoms with E-state index in [4.69, 9.17) is 46.4 Å². The average molecular weight is 193 g/mol. The fraction of sp³-hybridized carbons (Fsp3) is 1.00. The van der Waals surface area contributed by atoms with Gasteiger partial charge >= 0.3 is 0 Å². The summed E-state index contributed by atoms with van der Waals surface area (Å²) < 4.78 is -1.61. The minimum absolute atomic E-state index is 0. The van der Waals surface area contributed by atoms with Gasteiger partial charge in [0.25, 0.3) is 3.25 Å². The van der Waals surface area contributed by atoms with E-state index in [1.807, 2.05) is 0 Å². The second kappa shape index (κ2) is 4.65. The SMILES string of the molecule is ClC(Cl)(Cl)Cl.[K]. The molecule has 0 bridgehead atoms. The summed E-state index contributed by atoms with van der Waals surface area (Å²) in [5.74, 6) is 0. The molecule has 0 aliphatic carbocycles. The number of halogens is 4. The molecular formula is CCl4K. The summed E-state index contributed by atoms with van der Waals surface area (Å²) in [5.41, 5.74) is 0. The van der Waals surface area contributed by atoms with Crippen molar-refractivity contribution >= 4 is 97.8 Å². The van der Waals surface area contributed by atoms with E-state index in [1.54, 1.807) is 0 Å². The normalized spacial score (nSPS) is 10.0. The van der Waals surface area contributed by atoms with Crippen LogP contribution in [0.4, 0.5) is 0 Å². The Balaban J connectivity index is 0. The Morgan fingerprint density at radius 3 is 0.833 bits per heavy atom. The fourth-order valence-electron chi connectivity index (χ4n) is 0. The molecule has 0 aliphatic heterocycles. The first-order chi connectivity index (χ1) is 2.00. The maximum atomic E-state index is 4.83. The standard InChI is InChI=1S/CCl4.K/c2-1(3,4)5;. The molecule has 0 aromatic heterocycles. The molecule has 0 aliphatic rings. The van der Waals surface area contributed by atoms with Crippen LogP contribution in [0.1, 0.15) is 0 Å². The van der Waals surface area contributed by atoms with E-state index in [0.717, 1.165) is 0 Å². The zero-order valence-corrected chi connectivity index (χ0v) is 9.16. The van der Waals surface area contributed by atoms with Crippen molar-refractivity contribution in [2.75, 3.05) is 0 Å². The topological polar surface area (TPSA) is 0 Å². The minimum atomic E-state index is -1.61. The molecule has 0 spiro atoms. The van der Waals surface area contributed by atoms with Crippen LogP contribution in [0.5, 0.6) is 0 Å². The molecule has 5 heteroatoms. The van der Waals surface area contributed by atoms with Crippen LogP contribution < -0.4 is 0 Å². The monoisotopic (exact) mass is 191 g/mol. The van der Waals surface area contributed by atoms with Gasteiger partial charge in [-0.3, -0.25) is 0 Å². The van der Waals surface area contributed by atoms with Gasteiger partial charge in [0.15, 0.2) is 0 Å². The molecule has 0 nitrogen and oxygen atoms in total. The summed E-state index contributed by atoms with van der Waals surface area (Å²) in [6.07, 6.45) is 0. The van der Waals surface area contributed by atoms with Crippen LogP contribution in [0.25, 0.3) is 0 Å². The first-order valence-corrected chi connectivity index (χ1v) is 2.27. The summed E-state index contributed by atoms with van der Waals surface area (Å²) in [6, 6.07) is 0. The van der Waals surface area contributed by atoms with Crippen molar-refractivity contribution in [3.8, 4) is 0 Å². The van der Waals surface area contributed by atoms with E-state index in [9.17, 15) is 0 Å². The summed E-state index contributed by atoms with van der Waals surface area (Å²) in [6.45, 7) is 0. The largest absolute Gasteiger partial charge is 0.266 e. The molecule has 0 fully saturated rings. The zero-order valence-electron chi connectivity index (χ0n) is 3.01. The van der Waals surface area contributed by atoms with Gasteiger partial charge in [-0.1, -0.05) is 46.4 Å². The van der Waals surface area contributed by atoms with Crippen molar-refractivity contribution in [2.45, 2.75) is 3.25 Å². The maximum Gasteiger partial charge on any atom is 0.266 e. The Labute approximate surface area is 98.9 Å². The van der Waals surface area contributed by atoms with Crippen LogP contribution in [-0.4, -0.2) is 54.6 Å². The van der Waals surface area contributed by atoms with Gasteiger partial charge in [0.05, 0.1) is 0 Å². The molecule has 0 N–H and O–H groups in total. The summed E-state index contributed by atoms with van der Waals surface area (Å²) in [5, 5.41) is 0. The molecule has 0 aromatic carbocycles. The molecule has 0 amide bonds. The van der Waals surface area contributed by atoms with Gasteiger partial charge in [-0.2, -0.15) is 0 Å². The molecule has 0 atom stereocenters. The van der Waals surface area contributed by atoms with Crippen molar-refractivity contribution < 1.29 is 0 Å². The van der Waals surface area contributed by atoms with Gasteiger partial charge in [-0.05, 0) is 0 Å². The molecule has 33 valence electrons. The quantitative estimate of drug-likeness (QED) is 0.408. The predicted molar refractivity (Wildman–Crippen MR) is 31.9 cm³/mol. The van der Waals surface area contributed by atoms with Crippen molar-refractivity contribution in [3.63, 3.8) is 0 Å². The number of hydrogen-bond acceptors (Lipinski definition) is 0. The molecule has 1 radical (unpaired) electrons. The summed E-state index contributed by atoms with van der Waals surface area (Å²) in [4.78, 5) is 0. The molecule has 0 aromatic rings. The number of alkyl halides is 4. The van der Waals surface area contributed by atoms with Crippen LogP contribution in [0.2, 0.25) is 0 Å². The van der Waals surface area contributed by atoms with Gasteiger partial charge in [0.1, 0.15) is 0 Å². The average Bonchev–Trinajstić information content (AvgIpc) is 0.722. The second-order valence-electron chi connectivity index (χ2n) is 0.429. The summed E-state index contributed by atoms with van der Waals surface area (Å²) >= 11 is 19.3. The first kappa shape index (κ1) is 11.6. The Kier molecular flexibility index (Phi) is 8.98. The molecule has 6 heavy (non-hydrogen) atoms. The van der Waals surface area contributed by atoms with Crippen LogP contribution in [0, 0.1) is 0 Å². The van der Waals surface area contributed by atoms with Crippen molar-refractivity contribution in [2.24, 2.45) is 0 Å². The molecular weight excluding hydrogens is 193 g/mol. The molecule has 0 saturated carbocycles. The van der Waals surface area contributed by atoms with Crippen molar-refractivity contribution in [1.29, 1.82) is 0 Å². The Hall–Kier alpha value is 2.80. The maximum absolute atomic E-state index is 4.83. The number of rotatable bonds is 0. The van der Waals surface area contributed by atoms with Crippen molar-refractivity contribution in [3.05, 3.63) is 0 Å². The smallest absolute Gasteiger partial charge is 0.0664 e. The minimum Gasteiger partial charge on any atom is -0.0664 e. The first-order valence-electron chi connectivity index (χ1n) is 0.756. The van der Waals surface area contributed by atoms with Gasteiger partial charge in [0, 0.05) is 51.4 Å². The van der Waals surface area contributed by atoms with Crippen molar-refractivity contribution in [1.82, 2.24) is 0 Å². The van der Waals surface area contributed by atoms with E-state index in [0.29, 0.717) is 0 Å². The third-order valence-electron chi connectivity index (χ3n) is 0. The van der Waals surface area contributed by atoms with Gasteiger partial charge < -0.3 is 0 Å². The molecule has 0 heterocycles. The van der Waals surface area contributed by atoms with Crippen LogP contribution in [0.15, 0.2) is 0 Å². The van der Waals surface area contributed by atoms with E-state index in [2.05, 4.69) is 0 Å². The molecule has 0 rings (SSSR count). The van der Waals surface area contributed by atoms with Gasteiger partial charge in [0.2, 0.25) is 0 Å². The Morgan fingerprint density at radius 1 is 0.833 bits per heavy atom. The zero-order chi connectivity index (χ0) is 4.50. The fourth-order valence-corrected chi connectivity index (χ4v) is 0. The van der Waals surface area contributed by atoms with E-state index >= 15 is 0 Å². The van der Waals surface area contributed by atoms with Gasteiger partial charge in [-0.25, -0.2) is 0 Å². The Morgan fingerprint density at radius 2 is 0.833 bits per heavy atom. The van der Waals surface area contributed by atoms with Crippen LogP contribution in [-0.2, 0) is 0 Å². The molecule has 0 saturated heterocycles. The van der Waals surface area contributed by atoms with E-state index < -0.39 is 3.25 Å². The predicted octanol–water partition coefficient (Wildman–Crippen LogP) is 2.17. The van der Waals surface area contributed by atoms with E-state index in [-0.39, 0.29) is 51.4 Å². The number of hydrogen-bond donors (Lipinski definition) is 0. The van der Waals surface area contributed by atoms with E-state index in [1.165, 1.54) is 0 Å². The Bertz CT molecular complexity index is 23.0. The van der Waals surface area contributed by atoms with Gasteiger partial charge in [-0.15, -0.1) is 0 Å². The molecule has 0 unspecified atom stereocenters. The van der Waals surface area contributed by atoms with Crippen LogP contribution >= 0.6 is 46.4 Å². The summed E-state index contributed by atoms with van der Waals surface area (Å²) in [7, 11) is 0. The van der Waals surface area contributed by atoms with Crippen LogP contribution in [0.3, 0.4) is 0 Å².